The Morgan fingerprint density at radius 2 is 2.11 bits per heavy atom. The topological polar surface area (TPSA) is 105 Å². The van der Waals surface area contributed by atoms with Crippen molar-refractivity contribution in [2.45, 2.75) is 32.3 Å². The molecule has 0 aliphatic rings. The molecule has 0 fully saturated rings. The van der Waals surface area contributed by atoms with Crippen LogP contribution in [-0.2, 0) is 4.74 Å². The number of nitrogens with one attached hydrogen (secondary N) is 1. The zero-order chi connectivity index (χ0) is 13.9. The fraction of sp³-hybridized carbons (Fsp3) is 0.600. The maximum absolute atomic E-state index is 13.1. The molecule has 3 N–H and O–H groups in total. The molecule has 18 heavy (non-hydrogen) atoms. The summed E-state index contributed by atoms with van der Waals surface area (Å²) >= 11 is 0. The van der Waals surface area contributed by atoms with Gasteiger partial charge in [0.1, 0.15) is 0 Å². The molecule has 3 atom stereocenters. The van der Waals surface area contributed by atoms with Gasteiger partial charge in [-0.15, -0.1) is 0 Å². The van der Waals surface area contributed by atoms with E-state index in [0.717, 1.165) is 4.57 Å². The van der Waals surface area contributed by atoms with Crippen LogP contribution < -0.4 is 11.2 Å². The summed E-state index contributed by atoms with van der Waals surface area (Å²) in [4.78, 5) is 24.1. The molecule has 0 unspecified atom stereocenters. The van der Waals surface area contributed by atoms with Gasteiger partial charge in [-0.3, -0.25) is 14.3 Å². The molecule has 1 heterocycles. The first-order chi connectivity index (χ1) is 8.36. The minimum absolute atomic E-state index is 0.330. The maximum Gasteiger partial charge on any atom is 0.330 e. The summed E-state index contributed by atoms with van der Waals surface area (Å²) in [5.41, 5.74) is -2.05. The lowest BCUT2D eigenvalue weighted by Gasteiger charge is -2.25. The number of hydrogen-bond acceptors (Lipinski definition) is 5. The van der Waals surface area contributed by atoms with Gasteiger partial charge in [-0.05, 0) is 13.8 Å². The predicted octanol–water partition coefficient (Wildman–Crippen LogP) is -1.05. The van der Waals surface area contributed by atoms with Crippen LogP contribution in [0.2, 0.25) is 0 Å². The summed E-state index contributed by atoms with van der Waals surface area (Å²) in [6.45, 7) is 2.52. The van der Waals surface area contributed by atoms with Gasteiger partial charge in [-0.1, -0.05) is 0 Å². The highest BCUT2D eigenvalue weighted by Crippen LogP contribution is 2.13. The first kappa shape index (κ1) is 14.6. The highest BCUT2D eigenvalue weighted by molar-refractivity contribution is 4.89. The Balaban J connectivity index is 3.18. The van der Waals surface area contributed by atoms with Crippen molar-refractivity contribution in [3.05, 3.63) is 32.9 Å². The minimum atomic E-state index is -1.20. The molecule has 102 valence electrons. The Morgan fingerprint density at radius 3 is 2.61 bits per heavy atom. The van der Waals surface area contributed by atoms with E-state index in [1.807, 2.05) is 0 Å². The van der Waals surface area contributed by atoms with Crippen molar-refractivity contribution >= 4 is 0 Å². The third-order valence-electron chi connectivity index (χ3n) is 2.24. The largest absolute Gasteiger partial charge is 0.394 e. The van der Waals surface area contributed by atoms with E-state index in [0.29, 0.717) is 6.20 Å². The minimum Gasteiger partial charge on any atom is -0.394 e. The SMILES string of the molecule is C[C@H](CO)O[C@H]([C@H](C)O)n1cc(F)c(=O)[nH]c1=O. The molecule has 0 bridgehead atoms. The Kier molecular flexibility index (Phi) is 4.76. The number of aliphatic hydroxyl groups excluding tert-OH is 2. The van der Waals surface area contributed by atoms with Crippen LogP contribution in [0, 0.1) is 5.82 Å². The molecule has 0 aromatic carbocycles. The van der Waals surface area contributed by atoms with Crippen LogP contribution in [0.25, 0.3) is 0 Å². The molecule has 8 heteroatoms. The predicted molar refractivity (Wildman–Crippen MR) is 59.6 cm³/mol. The molecule has 0 radical (unpaired) electrons. The van der Waals surface area contributed by atoms with Crippen LogP contribution in [0.4, 0.5) is 4.39 Å². The quantitative estimate of drug-likeness (QED) is 0.628. The molecule has 7 nitrogen and oxygen atoms in total. The summed E-state index contributed by atoms with van der Waals surface area (Å²) in [6, 6.07) is 0. The second-order valence-electron chi connectivity index (χ2n) is 3.90. The molecule has 1 aromatic rings. The van der Waals surface area contributed by atoms with Crippen LogP contribution in [0.5, 0.6) is 0 Å². The zero-order valence-corrected chi connectivity index (χ0v) is 9.96. The van der Waals surface area contributed by atoms with Gasteiger partial charge in [-0.25, -0.2) is 4.79 Å². The van der Waals surface area contributed by atoms with E-state index in [2.05, 4.69) is 0 Å². The van der Waals surface area contributed by atoms with Crippen LogP contribution in [0.15, 0.2) is 15.8 Å². The van der Waals surface area contributed by atoms with Gasteiger partial charge < -0.3 is 14.9 Å². The second kappa shape index (κ2) is 5.89. The summed E-state index contributed by atoms with van der Waals surface area (Å²) in [5.74, 6) is -1.17. The van der Waals surface area contributed by atoms with E-state index in [-0.39, 0.29) is 6.61 Å². The Labute approximate surface area is 101 Å². The standard InChI is InChI=1S/C10H15FN2O5/c1-5(4-14)18-9(6(2)15)13-3-7(11)8(16)12-10(13)17/h3,5-6,9,14-15H,4H2,1-2H3,(H,12,16,17)/t5-,6+,9-/m1/s1. The number of aromatic amines is 1. The first-order valence-electron chi connectivity index (χ1n) is 5.32. The average molecular weight is 262 g/mol. The lowest BCUT2D eigenvalue weighted by molar-refractivity contribution is -0.120. The van der Waals surface area contributed by atoms with E-state index in [1.165, 1.54) is 13.8 Å². The van der Waals surface area contributed by atoms with Gasteiger partial charge >= 0.3 is 5.69 Å². The van der Waals surface area contributed by atoms with E-state index in [9.17, 15) is 19.1 Å². The fourth-order valence-electron chi connectivity index (χ4n) is 1.34. The number of hydrogen-bond donors (Lipinski definition) is 3. The van der Waals surface area contributed by atoms with Crippen molar-refractivity contribution in [1.29, 1.82) is 0 Å². The summed E-state index contributed by atoms with van der Waals surface area (Å²) < 4.78 is 19.0. The van der Waals surface area contributed by atoms with Crippen molar-refractivity contribution in [3.8, 4) is 0 Å². The molecule has 0 saturated carbocycles. The van der Waals surface area contributed by atoms with Crippen molar-refractivity contribution in [1.82, 2.24) is 9.55 Å². The second-order valence-corrected chi connectivity index (χ2v) is 3.90. The third-order valence-corrected chi connectivity index (χ3v) is 2.24. The van der Waals surface area contributed by atoms with Gasteiger partial charge in [-0.2, -0.15) is 4.39 Å². The van der Waals surface area contributed by atoms with Gasteiger partial charge in [0.15, 0.2) is 6.23 Å². The number of H-pyrrole nitrogens is 1. The molecule has 0 aliphatic carbocycles. The molecule has 0 aliphatic heterocycles. The normalized spacial score (nSPS) is 16.3. The van der Waals surface area contributed by atoms with Crippen LogP contribution >= 0.6 is 0 Å². The molecule has 0 spiro atoms. The summed E-state index contributed by atoms with van der Waals surface area (Å²) in [5, 5.41) is 18.4. The number of aliphatic hydroxyl groups is 2. The zero-order valence-electron chi connectivity index (χ0n) is 9.96. The lowest BCUT2D eigenvalue weighted by atomic mass is 10.3. The molecular weight excluding hydrogens is 247 g/mol. The number of aromatic nitrogens is 2. The maximum atomic E-state index is 13.1. The monoisotopic (exact) mass is 262 g/mol. The highest BCUT2D eigenvalue weighted by atomic mass is 19.1. The van der Waals surface area contributed by atoms with Crippen molar-refractivity contribution in [2.75, 3.05) is 6.61 Å². The van der Waals surface area contributed by atoms with Crippen LogP contribution in [0.1, 0.15) is 20.1 Å². The Morgan fingerprint density at radius 1 is 1.50 bits per heavy atom. The molecule has 1 rings (SSSR count). The third kappa shape index (κ3) is 3.25. The molecule has 0 saturated heterocycles. The number of nitrogens with zero attached hydrogens (tertiary/aromatic N) is 1. The number of rotatable bonds is 5. The van der Waals surface area contributed by atoms with E-state index in [4.69, 9.17) is 9.84 Å². The van der Waals surface area contributed by atoms with E-state index in [1.54, 1.807) is 4.98 Å². The molecule has 0 amide bonds. The lowest BCUT2D eigenvalue weighted by Crippen LogP contribution is -2.39. The number of ether oxygens (including phenoxy) is 1. The van der Waals surface area contributed by atoms with Gasteiger partial charge in [0, 0.05) is 0 Å². The van der Waals surface area contributed by atoms with Gasteiger partial charge in [0.25, 0.3) is 5.56 Å². The van der Waals surface area contributed by atoms with Crippen molar-refractivity contribution in [3.63, 3.8) is 0 Å². The van der Waals surface area contributed by atoms with E-state index >= 15 is 0 Å². The molecular formula is C10H15FN2O5. The van der Waals surface area contributed by atoms with Crippen LogP contribution in [-0.4, -0.2) is 38.6 Å². The average Bonchev–Trinajstić information content (AvgIpc) is 2.30. The number of halogens is 1. The summed E-state index contributed by atoms with van der Waals surface area (Å²) in [6.07, 6.45) is -2.35. The van der Waals surface area contributed by atoms with Crippen molar-refractivity contribution in [2.24, 2.45) is 0 Å². The van der Waals surface area contributed by atoms with Crippen molar-refractivity contribution < 1.29 is 19.3 Å². The van der Waals surface area contributed by atoms with Gasteiger partial charge in [0.2, 0.25) is 5.82 Å². The highest BCUT2D eigenvalue weighted by Gasteiger charge is 2.22. The molecule has 1 aromatic heterocycles. The Bertz CT molecular complexity index is 510. The summed E-state index contributed by atoms with van der Waals surface area (Å²) in [7, 11) is 0. The van der Waals surface area contributed by atoms with Crippen LogP contribution in [0.3, 0.4) is 0 Å². The Hall–Kier alpha value is -1.51. The fourth-order valence-corrected chi connectivity index (χ4v) is 1.34. The van der Waals surface area contributed by atoms with E-state index < -0.39 is 35.5 Å². The first-order valence-corrected chi connectivity index (χ1v) is 5.32. The van der Waals surface area contributed by atoms with Gasteiger partial charge in [0.05, 0.1) is 25.0 Å². The smallest absolute Gasteiger partial charge is 0.330 e.